The topological polar surface area (TPSA) is 35.6 Å². The van der Waals surface area contributed by atoms with E-state index in [-0.39, 0.29) is 0 Å². The summed E-state index contributed by atoms with van der Waals surface area (Å²) in [4.78, 5) is 10.2. The summed E-state index contributed by atoms with van der Waals surface area (Å²) in [6.07, 6.45) is 0. The second-order valence-corrected chi connectivity index (χ2v) is 13.8. The molecular formula is C50H32N4. The molecular weight excluding hydrogens is 657 g/mol. The SMILES string of the molecule is c1ccc(-c2cc(-c3cccc4cc(-n5c6ccccc6c6cc7c8ccccc8n(-c8ccccc8)c7cc65)ccc34)nc(-c3ccccc3)n2)cc1. The molecule has 11 rings (SSSR count). The van der Waals surface area contributed by atoms with Gasteiger partial charge in [-0.25, -0.2) is 9.97 Å². The van der Waals surface area contributed by atoms with Crippen molar-refractivity contribution in [3.05, 3.63) is 194 Å². The van der Waals surface area contributed by atoms with Crippen LogP contribution in [0.1, 0.15) is 0 Å². The van der Waals surface area contributed by atoms with E-state index in [4.69, 9.17) is 9.97 Å². The van der Waals surface area contributed by atoms with Gasteiger partial charge in [-0.05, 0) is 65.4 Å². The lowest BCUT2D eigenvalue weighted by Crippen LogP contribution is -1.97. The molecule has 8 aromatic carbocycles. The standard InChI is InChI=1S/C50H32N4/c1-4-15-33(16-5-1)44-31-45(52-50(51-44)34-17-6-2-7-18-34)39-24-14-19-35-29-37(27-28-38(35)39)54-47-26-13-11-23-41(47)43-30-42-40-22-10-12-25-46(40)53(48(42)32-49(43)54)36-20-8-3-9-21-36/h1-32H. The second-order valence-electron chi connectivity index (χ2n) is 13.8. The van der Waals surface area contributed by atoms with Gasteiger partial charge in [-0.2, -0.15) is 0 Å². The second kappa shape index (κ2) is 12.1. The molecule has 0 unspecified atom stereocenters. The highest BCUT2D eigenvalue weighted by atomic mass is 15.0. The van der Waals surface area contributed by atoms with E-state index in [9.17, 15) is 0 Å². The first kappa shape index (κ1) is 30.3. The Labute approximate surface area is 311 Å². The fourth-order valence-corrected chi connectivity index (χ4v) is 8.26. The maximum Gasteiger partial charge on any atom is 0.160 e. The maximum atomic E-state index is 5.17. The summed E-state index contributed by atoms with van der Waals surface area (Å²) in [6.45, 7) is 0. The monoisotopic (exact) mass is 688 g/mol. The molecule has 0 aliphatic rings. The van der Waals surface area contributed by atoms with Gasteiger partial charge in [-0.15, -0.1) is 0 Å². The van der Waals surface area contributed by atoms with Crippen molar-refractivity contribution >= 4 is 54.4 Å². The van der Waals surface area contributed by atoms with Crippen LogP contribution in [-0.4, -0.2) is 19.1 Å². The first-order chi connectivity index (χ1) is 26.8. The third-order valence-electron chi connectivity index (χ3n) is 10.7. The van der Waals surface area contributed by atoms with Crippen molar-refractivity contribution in [2.24, 2.45) is 0 Å². The van der Waals surface area contributed by atoms with Gasteiger partial charge in [0.05, 0.1) is 33.5 Å². The molecule has 4 nitrogen and oxygen atoms in total. The maximum absolute atomic E-state index is 5.17. The minimum absolute atomic E-state index is 0.713. The van der Waals surface area contributed by atoms with Gasteiger partial charge in [0, 0.05) is 49.6 Å². The molecule has 0 spiro atoms. The molecule has 0 fully saturated rings. The van der Waals surface area contributed by atoms with E-state index in [0.29, 0.717) is 5.82 Å². The Bertz CT molecular complexity index is 3140. The number of nitrogens with zero attached hydrogens (tertiary/aromatic N) is 4. The van der Waals surface area contributed by atoms with Crippen molar-refractivity contribution in [1.82, 2.24) is 19.1 Å². The molecule has 0 saturated carbocycles. The fraction of sp³-hybridized carbons (Fsp3) is 0. The minimum atomic E-state index is 0.713. The quantitative estimate of drug-likeness (QED) is 0.180. The normalized spacial score (nSPS) is 11.7. The summed E-state index contributed by atoms with van der Waals surface area (Å²) in [5.41, 5.74) is 11.9. The highest BCUT2D eigenvalue weighted by Crippen LogP contribution is 2.40. The van der Waals surface area contributed by atoms with E-state index in [0.717, 1.165) is 50.2 Å². The van der Waals surface area contributed by atoms with Gasteiger partial charge < -0.3 is 9.13 Å². The van der Waals surface area contributed by atoms with Crippen LogP contribution >= 0.6 is 0 Å². The van der Waals surface area contributed by atoms with E-state index in [1.165, 1.54) is 43.6 Å². The van der Waals surface area contributed by atoms with Crippen LogP contribution in [0.5, 0.6) is 0 Å². The van der Waals surface area contributed by atoms with Crippen LogP contribution in [0.15, 0.2) is 194 Å². The Morgan fingerprint density at radius 2 is 0.889 bits per heavy atom. The molecule has 3 aromatic heterocycles. The smallest absolute Gasteiger partial charge is 0.160 e. The van der Waals surface area contributed by atoms with Crippen molar-refractivity contribution in [1.29, 1.82) is 0 Å². The summed E-state index contributed by atoms with van der Waals surface area (Å²) in [5.74, 6) is 0.713. The van der Waals surface area contributed by atoms with Crippen molar-refractivity contribution in [3.8, 4) is 45.3 Å². The Balaban J connectivity index is 1.13. The van der Waals surface area contributed by atoms with Crippen molar-refractivity contribution in [2.45, 2.75) is 0 Å². The van der Waals surface area contributed by atoms with E-state index in [1.54, 1.807) is 0 Å². The van der Waals surface area contributed by atoms with Crippen LogP contribution in [0.3, 0.4) is 0 Å². The fourth-order valence-electron chi connectivity index (χ4n) is 8.26. The van der Waals surface area contributed by atoms with Gasteiger partial charge in [0.2, 0.25) is 0 Å². The van der Waals surface area contributed by atoms with Crippen LogP contribution in [0, 0.1) is 0 Å². The predicted molar refractivity (Wildman–Crippen MR) is 225 cm³/mol. The molecule has 0 radical (unpaired) electrons. The number of rotatable bonds is 5. The minimum Gasteiger partial charge on any atom is -0.309 e. The number of benzene rings is 8. The third-order valence-corrected chi connectivity index (χ3v) is 10.7. The van der Waals surface area contributed by atoms with Crippen LogP contribution in [0.2, 0.25) is 0 Å². The van der Waals surface area contributed by atoms with E-state index >= 15 is 0 Å². The molecule has 0 atom stereocenters. The zero-order valence-electron chi connectivity index (χ0n) is 29.3. The average molecular weight is 689 g/mol. The summed E-state index contributed by atoms with van der Waals surface area (Å²) >= 11 is 0. The average Bonchev–Trinajstić information content (AvgIpc) is 3.75. The van der Waals surface area contributed by atoms with Gasteiger partial charge >= 0.3 is 0 Å². The van der Waals surface area contributed by atoms with Crippen molar-refractivity contribution in [2.75, 3.05) is 0 Å². The van der Waals surface area contributed by atoms with Gasteiger partial charge in [-0.1, -0.05) is 140 Å². The van der Waals surface area contributed by atoms with Gasteiger partial charge in [-0.3, -0.25) is 0 Å². The van der Waals surface area contributed by atoms with Crippen LogP contribution < -0.4 is 0 Å². The molecule has 0 aliphatic heterocycles. The number of fused-ring (bicyclic) bond motifs is 7. The summed E-state index contributed by atoms with van der Waals surface area (Å²) in [6, 6.07) is 69.0. The van der Waals surface area contributed by atoms with E-state index < -0.39 is 0 Å². The first-order valence-corrected chi connectivity index (χ1v) is 18.3. The van der Waals surface area contributed by atoms with Gasteiger partial charge in [0.1, 0.15) is 0 Å². The molecule has 3 heterocycles. The molecule has 0 saturated heterocycles. The number of aromatic nitrogens is 4. The lowest BCUT2D eigenvalue weighted by atomic mass is 9.99. The highest BCUT2D eigenvalue weighted by Gasteiger charge is 2.19. The Morgan fingerprint density at radius 1 is 0.315 bits per heavy atom. The highest BCUT2D eigenvalue weighted by molar-refractivity contribution is 6.19. The molecule has 4 heteroatoms. The zero-order valence-corrected chi connectivity index (χ0v) is 29.3. The van der Waals surface area contributed by atoms with Gasteiger partial charge in [0.25, 0.3) is 0 Å². The van der Waals surface area contributed by atoms with Crippen molar-refractivity contribution < 1.29 is 0 Å². The number of hydrogen-bond acceptors (Lipinski definition) is 2. The lowest BCUT2D eigenvalue weighted by Gasteiger charge is -2.13. The number of para-hydroxylation sites is 3. The van der Waals surface area contributed by atoms with Crippen LogP contribution in [0.4, 0.5) is 0 Å². The van der Waals surface area contributed by atoms with E-state index in [2.05, 4.69) is 179 Å². The summed E-state index contributed by atoms with van der Waals surface area (Å²) < 4.78 is 4.82. The number of hydrogen-bond donors (Lipinski definition) is 0. The van der Waals surface area contributed by atoms with Crippen LogP contribution in [-0.2, 0) is 0 Å². The van der Waals surface area contributed by atoms with Crippen LogP contribution in [0.25, 0.3) is 99.7 Å². The third kappa shape index (κ3) is 4.78. The lowest BCUT2D eigenvalue weighted by molar-refractivity contribution is 1.17. The molecule has 54 heavy (non-hydrogen) atoms. The summed E-state index contributed by atoms with van der Waals surface area (Å²) in [5, 5.41) is 7.28. The Morgan fingerprint density at radius 3 is 1.57 bits per heavy atom. The summed E-state index contributed by atoms with van der Waals surface area (Å²) in [7, 11) is 0. The molecule has 252 valence electrons. The largest absolute Gasteiger partial charge is 0.309 e. The Kier molecular flexibility index (Phi) is 6.82. The molecule has 11 aromatic rings. The van der Waals surface area contributed by atoms with Crippen molar-refractivity contribution in [3.63, 3.8) is 0 Å². The first-order valence-electron chi connectivity index (χ1n) is 18.3. The molecule has 0 N–H and O–H groups in total. The molecule has 0 amide bonds. The molecule has 0 bridgehead atoms. The Hall–Kier alpha value is -7.30. The molecule has 0 aliphatic carbocycles. The predicted octanol–water partition coefficient (Wildman–Crippen LogP) is 12.8. The zero-order chi connectivity index (χ0) is 35.6. The van der Waals surface area contributed by atoms with E-state index in [1.807, 2.05) is 24.3 Å². The van der Waals surface area contributed by atoms with Gasteiger partial charge in [0.15, 0.2) is 5.82 Å².